The fraction of sp³-hybridized carbons (Fsp3) is 0.143. The molecule has 0 saturated heterocycles. The van der Waals surface area contributed by atoms with Gasteiger partial charge >= 0.3 is 0 Å². The molecule has 0 aliphatic heterocycles. The summed E-state index contributed by atoms with van der Waals surface area (Å²) < 4.78 is 76.6. The Morgan fingerprint density at radius 2 is 1.52 bits per heavy atom. The summed E-state index contributed by atoms with van der Waals surface area (Å²) in [6.07, 6.45) is 0.724. The lowest BCUT2D eigenvalue weighted by atomic mass is 10.0. The van der Waals surface area contributed by atoms with E-state index < -0.39 is 45.8 Å². The Labute approximate surface area is 152 Å². The lowest BCUT2D eigenvalue weighted by Gasteiger charge is -2.10. The Hall–Kier alpha value is -2.89. The molecule has 0 radical (unpaired) electrons. The van der Waals surface area contributed by atoms with Crippen LogP contribution in [0.2, 0.25) is 0 Å². The average molecular weight is 378 g/mol. The molecule has 0 aliphatic rings. The summed E-state index contributed by atoms with van der Waals surface area (Å²) in [7, 11) is 1.13. The van der Waals surface area contributed by atoms with E-state index in [4.69, 9.17) is 0 Å². The fourth-order valence-electron chi connectivity index (χ4n) is 2.81. The Morgan fingerprint density at radius 3 is 2.11 bits per heavy atom. The molecule has 0 aliphatic carbocycles. The van der Waals surface area contributed by atoms with E-state index in [0.29, 0.717) is 0 Å². The number of methoxy groups -OCH3 is 1. The van der Waals surface area contributed by atoms with Crippen molar-refractivity contribution in [3.63, 3.8) is 0 Å². The van der Waals surface area contributed by atoms with Crippen molar-refractivity contribution in [2.45, 2.75) is 13.3 Å². The molecule has 0 spiro atoms. The van der Waals surface area contributed by atoms with Crippen LogP contribution >= 0.6 is 0 Å². The van der Waals surface area contributed by atoms with Crippen LogP contribution in [0.3, 0.4) is 0 Å². The maximum atomic E-state index is 14.7. The second kappa shape index (κ2) is 7.39. The predicted molar refractivity (Wildman–Crippen MR) is 95.2 cm³/mol. The molecule has 140 valence electrons. The molecule has 0 unspecified atom stereocenters. The molecule has 0 bridgehead atoms. The molecule has 1 nitrogen and oxygen atoms in total. The normalized spacial score (nSPS) is 12.3. The van der Waals surface area contributed by atoms with Crippen LogP contribution in [0.1, 0.15) is 23.6 Å². The smallest absolute Gasteiger partial charge is 0.201 e. The third kappa shape index (κ3) is 3.27. The lowest BCUT2D eigenvalue weighted by molar-refractivity contribution is 0.374. The molecule has 0 aromatic heterocycles. The van der Waals surface area contributed by atoms with Crippen LogP contribution in [-0.2, 0) is 6.42 Å². The van der Waals surface area contributed by atoms with Crippen LogP contribution in [0.25, 0.3) is 22.4 Å². The first-order valence-electron chi connectivity index (χ1n) is 8.18. The van der Waals surface area contributed by atoms with Gasteiger partial charge in [-0.3, -0.25) is 0 Å². The summed E-state index contributed by atoms with van der Waals surface area (Å²) >= 11 is 0. The van der Waals surface area contributed by atoms with Gasteiger partial charge in [-0.25, -0.2) is 17.6 Å². The molecule has 3 aromatic carbocycles. The van der Waals surface area contributed by atoms with E-state index in [1.807, 2.05) is 6.92 Å². The minimum Gasteiger partial charge on any atom is -0.494 e. The molecule has 0 amide bonds. The van der Waals surface area contributed by atoms with Crippen molar-refractivity contribution in [1.82, 2.24) is 0 Å². The highest BCUT2D eigenvalue weighted by Crippen LogP contribution is 2.36. The SMILES string of the molecule is CCc1ccc(C(F)=C(F)c2ccc3cc(OC)c(F)c(F)c3c2F)cc1. The number of hydrogen-bond donors (Lipinski definition) is 0. The number of halogens is 5. The predicted octanol–water partition coefficient (Wildman–Crippen LogP) is 6.59. The number of aryl methyl sites for hydroxylation is 1. The van der Waals surface area contributed by atoms with E-state index in [0.717, 1.165) is 31.2 Å². The zero-order valence-electron chi connectivity index (χ0n) is 14.5. The van der Waals surface area contributed by atoms with Crippen molar-refractivity contribution in [1.29, 1.82) is 0 Å². The highest BCUT2D eigenvalue weighted by atomic mass is 19.2. The van der Waals surface area contributed by atoms with E-state index in [2.05, 4.69) is 4.74 Å². The monoisotopic (exact) mass is 378 g/mol. The van der Waals surface area contributed by atoms with Gasteiger partial charge in [0.15, 0.2) is 23.2 Å². The molecule has 3 rings (SSSR count). The first-order chi connectivity index (χ1) is 12.9. The fourth-order valence-corrected chi connectivity index (χ4v) is 2.81. The molecule has 27 heavy (non-hydrogen) atoms. The summed E-state index contributed by atoms with van der Waals surface area (Å²) in [4.78, 5) is 0. The average Bonchev–Trinajstić information content (AvgIpc) is 2.69. The molecular formula is C21H15F5O. The van der Waals surface area contributed by atoms with E-state index >= 15 is 0 Å². The first kappa shape index (κ1) is 18.9. The van der Waals surface area contributed by atoms with Crippen LogP contribution < -0.4 is 4.74 Å². The van der Waals surface area contributed by atoms with Crippen LogP contribution in [0.4, 0.5) is 22.0 Å². The maximum Gasteiger partial charge on any atom is 0.201 e. The number of fused-ring (bicyclic) bond motifs is 1. The Kier molecular flexibility index (Phi) is 5.17. The molecule has 0 N–H and O–H groups in total. The van der Waals surface area contributed by atoms with Crippen molar-refractivity contribution in [3.8, 4) is 5.75 Å². The largest absolute Gasteiger partial charge is 0.494 e. The molecule has 0 fully saturated rings. The lowest BCUT2D eigenvalue weighted by Crippen LogP contribution is -1.98. The summed E-state index contributed by atoms with van der Waals surface area (Å²) in [5.74, 6) is -7.50. The third-order valence-corrected chi connectivity index (χ3v) is 4.35. The second-order valence-electron chi connectivity index (χ2n) is 5.91. The van der Waals surface area contributed by atoms with Gasteiger partial charge < -0.3 is 4.74 Å². The summed E-state index contributed by atoms with van der Waals surface area (Å²) in [6, 6.07) is 9.23. The van der Waals surface area contributed by atoms with Gasteiger partial charge in [-0.15, -0.1) is 0 Å². The van der Waals surface area contributed by atoms with Crippen LogP contribution in [-0.4, -0.2) is 7.11 Å². The maximum absolute atomic E-state index is 14.7. The number of rotatable bonds is 4. The molecule has 0 atom stereocenters. The van der Waals surface area contributed by atoms with Crippen molar-refractivity contribution in [2.24, 2.45) is 0 Å². The van der Waals surface area contributed by atoms with Crippen LogP contribution in [0.15, 0.2) is 42.5 Å². The van der Waals surface area contributed by atoms with Gasteiger partial charge in [0, 0.05) is 11.1 Å². The molecule has 3 aromatic rings. The first-order valence-corrected chi connectivity index (χ1v) is 8.18. The van der Waals surface area contributed by atoms with Gasteiger partial charge in [0.1, 0.15) is 5.82 Å². The minimum absolute atomic E-state index is 0.0347. The number of hydrogen-bond acceptors (Lipinski definition) is 1. The highest BCUT2D eigenvalue weighted by Gasteiger charge is 2.22. The summed E-state index contributed by atoms with van der Waals surface area (Å²) in [5.41, 5.74) is 0.0592. The van der Waals surface area contributed by atoms with Gasteiger partial charge in [-0.1, -0.05) is 37.3 Å². The molecular weight excluding hydrogens is 363 g/mol. The second-order valence-corrected chi connectivity index (χ2v) is 5.91. The Bertz CT molecular complexity index is 1040. The minimum atomic E-state index is -1.52. The van der Waals surface area contributed by atoms with E-state index in [1.54, 1.807) is 12.1 Å². The zero-order chi connectivity index (χ0) is 19.7. The van der Waals surface area contributed by atoms with E-state index in [-0.39, 0.29) is 10.9 Å². The number of benzene rings is 3. The van der Waals surface area contributed by atoms with Crippen LogP contribution in [0, 0.1) is 17.5 Å². The summed E-state index contributed by atoms with van der Waals surface area (Å²) in [6.45, 7) is 1.91. The quantitative estimate of drug-likeness (QED) is 0.367. The van der Waals surface area contributed by atoms with Gasteiger partial charge in [0.2, 0.25) is 5.82 Å². The standard InChI is InChI=1S/C21H15F5O/c1-3-11-4-6-12(7-5-11)17(22)19(24)14-9-8-13-10-15(27-2)20(25)21(26)16(13)18(14)23/h4-10H,3H2,1-2H3. The van der Waals surface area contributed by atoms with Gasteiger partial charge in [-0.05, 0) is 29.5 Å². The van der Waals surface area contributed by atoms with Crippen molar-refractivity contribution in [3.05, 3.63) is 76.6 Å². The van der Waals surface area contributed by atoms with Crippen LogP contribution in [0.5, 0.6) is 5.75 Å². The highest BCUT2D eigenvalue weighted by molar-refractivity contribution is 5.91. The van der Waals surface area contributed by atoms with Gasteiger partial charge in [0.05, 0.1) is 12.5 Å². The molecule has 0 saturated carbocycles. The van der Waals surface area contributed by atoms with Gasteiger partial charge in [0.25, 0.3) is 0 Å². The molecule has 0 heterocycles. The van der Waals surface area contributed by atoms with Crippen molar-refractivity contribution in [2.75, 3.05) is 7.11 Å². The van der Waals surface area contributed by atoms with Crippen molar-refractivity contribution < 1.29 is 26.7 Å². The van der Waals surface area contributed by atoms with Gasteiger partial charge in [-0.2, -0.15) is 4.39 Å². The van der Waals surface area contributed by atoms with Crippen molar-refractivity contribution >= 4 is 22.4 Å². The van der Waals surface area contributed by atoms with E-state index in [9.17, 15) is 22.0 Å². The Balaban J connectivity index is 2.18. The topological polar surface area (TPSA) is 9.23 Å². The Morgan fingerprint density at radius 1 is 0.852 bits per heavy atom. The molecule has 6 heteroatoms. The third-order valence-electron chi connectivity index (χ3n) is 4.35. The zero-order valence-corrected chi connectivity index (χ0v) is 14.5. The summed E-state index contributed by atoms with van der Waals surface area (Å²) in [5, 5.41) is -0.803. The number of ether oxygens (including phenoxy) is 1. The van der Waals surface area contributed by atoms with E-state index in [1.165, 1.54) is 18.2 Å².